The van der Waals surface area contributed by atoms with Gasteiger partial charge in [0, 0.05) is 32.0 Å². The van der Waals surface area contributed by atoms with Crippen LogP contribution in [0.2, 0.25) is 0 Å². The standard InChI is InChI=1S/C21H23F2NO3/c1-2-15-3-5-16(6-4-15)26-14-21(25)24-11-9-17(10-12-24)27-18-7-8-19(22)20(23)13-18/h3-8,13,17H,2,9-12,14H2,1H3. The number of hydrogen-bond acceptors (Lipinski definition) is 3. The third kappa shape index (κ3) is 5.18. The number of rotatable bonds is 6. The molecule has 144 valence electrons. The Hall–Kier alpha value is -2.63. The summed E-state index contributed by atoms with van der Waals surface area (Å²) in [7, 11) is 0. The zero-order valence-corrected chi connectivity index (χ0v) is 15.3. The van der Waals surface area contributed by atoms with E-state index >= 15 is 0 Å². The van der Waals surface area contributed by atoms with Gasteiger partial charge in [0.1, 0.15) is 17.6 Å². The SMILES string of the molecule is CCc1ccc(OCC(=O)N2CCC(Oc3ccc(F)c(F)c3)CC2)cc1. The van der Waals surface area contributed by atoms with Gasteiger partial charge >= 0.3 is 0 Å². The summed E-state index contributed by atoms with van der Waals surface area (Å²) in [6.45, 7) is 3.18. The highest BCUT2D eigenvalue weighted by Gasteiger charge is 2.24. The molecule has 0 aromatic heterocycles. The molecule has 1 fully saturated rings. The number of piperidine rings is 1. The molecule has 0 saturated carbocycles. The Morgan fingerprint density at radius 1 is 1.04 bits per heavy atom. The number of halogens is 2. The van der Waals surface area contributed by atoms with E-state index in [0.717, 1.165) is 18.6 Å². The van der Waals surface area contributed by atoms with Gasteiger partial charge in [0.25, 0.3) is 5.91 Å². The molecule has 1 aliphatic rings. The van der Waals surface area contributed by atoms with Crippen LogP contribution in [-0.4, -0.2) is 36.6 Å². The second-order valence-electron chi connectivity index (χ2n) is 6.56. The number of benzene rings is 2. The topological polar surface area (TPSA) is 38.8 Å². The number of carbonyl (C=O) groups excluding carboxylic acids is 1. The van der Waals surface area contributed by atoms with Crippen molar-refractivity contribution in [1.29, 1.82) is 0 Å². The number of aryl methyl sites for hydroxylation is 1. The number of hydrogen-bond donors (Lipinski definition) is 0. The molecule has 0 N–H and O–H groups in total. The van der Waals surface area contributed by atoms with Crippen LogP contribution >= 0.6 is 0 Å². The van der Waals surface area contributed by atoms with Crippen LogP contribution in [0.15, 0.2) is 42.5 Å². The van der Waals surface area contributed by atoms with Gasteiger partial charge in [0.05, 0.1) is 0 Å². The molecule has 2 aromatic carbocycles. The smallest absolute Gasteiger partial charge is 0.260 e. The normalized spacial score (nSPS) is 14.9. The molecule has 6 heteroatoms. The van der Waals surface area contributed by atoms with Crippen molar-refractivity contribution in [2.75, 3.05) is 19.7 Å². The highest BCUT2D eigenvalue weighted by Crippen LogP contribution is 2.21. The lowest BCUT2D eigenvalue weighted by Gasteiger charge is -2.32. The number of likely N-dealkylation sites (tertiary alicyclic amines) is 1. The molecule has 0 spiro atoms. The molecule has 0 atom stereocenters. The van der Waals surface area contributed by atoms with E-state index in [0.29, 0.717) is 37.4 Å². The third-order valence-corrected chi connectivity index (χ3v) is 4.68. The summed E-state index contributed by atoms with van der Waals surface area (Å²) in [5, 5.41) is 0. The van der Waals surface area contributed by atoms with E-state index < -0.39 is 11.6 Å². The predicted molar refractivity (Wildman–Crippen MR) is 97.9 cm³/mol. The molecule has 1 saturated heterocycles. The zero-order chi connectivity index (χ0) is 19.2. The van der Waals surface area contributed by atoms with Gasteiger partial charge in [-0.2, -0.15) is 0 Å². The van der Waals surface area contributed by atoms with Gasteiger partial charge in [0.2, 0.25) is 0 Å². The molecule has 0 unspecified atom stereocenters. The van der Waals surface area contributed by atoms with E-state index in [4.69, 9.17) is 9.47 Å². The molecular formula is C21H23F2NO3. The highest BCUT2D eigenvalue weighted by molar-refractivity contribution is 5.77. The summed E-state index contributed by atoms with van der Waals surface area (Å²) in [4.78, 5) is 14.1. The van der Waals surface area contributed by atoms with Crippen molar-refractivity contribution >= 4 is 5.91 Å². The molecule has 3 rings (SSSR count). The number of ether oxygens (including phenoxy) is 2. The van der Waals surface area contributed by atoms with Crippen LogP contribution in [0, 0.1) is 11.6 Å². The first-order chi connectivity index (χ1) is 13.0. The van der Waals surface area contributed by atoms with Gasteiger partial charge in [-0.15, -0.1) is 0 Å². The molecule has 0 aliphatic carbocycles. The molecule has 0 radical (unpaired) electrons. The van der Waals surface area contributed by atoms with Gasteiger partial charge < -0.3 is 14.4 Å². The van der Waals surface area contributed by atoms with E-state index in [1.54, 1.807) is 4.90 Å². The predicted octanol–water partition coefficient (Wildman–Crippen LogP) is 3.98. The third-order valence-electron chi connectivity index (χ3n) is 4.68. The van der Waals surface area contributed by atoms with E-state index in [1.165, 1.54) is 11.6 Å². The summed E-state index contributed by atoms with van der Waals surface area (Å²) in [5.74, 6) is -0.910. The van der Waals surface area contributed by atoms with E-state index in [1.807, 2.05) is 24.3 Å². The molecule has 1 aliphatic heterocycles. The molecule has 4 nitrogen and oxygen atoms in total. The van der Waals surface area contributed by atoms with Crippen LogP contribution in [-0.2, 0) is 11.2 Å². The van der Waals surface area contributed by atoms with Crippen molar-refractivity contribution in [2.24, 2.45) is 0 Å². The Kier molecular flexibility index (Phi) is 6.27. The van der Waals surface area contributed by atoms with Crippen LogP contribution in [0.5, 0.6) is 11.5 Å². The first-order valence-corrected chi connectivity index (χ1v) is 9.16. The fraction of sp³-hybridized carbons (Fsp3) is 0.381. The van der Waals surface area contributed by atoms with Gasteiger partial charge in [-0.1, -0.05) is 19.1 Å². The maximum absolute atomic E-state index is 13.2. The minimum Gasteiger partial charge on any atom is -0.490 e. The maximum atomic E-state index is 13.2. The molecule has 1 heterocycles. The van der Waals surface area contributed by atoms with Gasteiger partial charge in [-0.3, -0.25) is 4.79 Å². The van der Waals surface area contributed by atoms with Crippen LogP contribution in [0.4, 0.5) is 8.78 Å². The summed E-state index contributed by atoms with van der Waals surface area (Å²) in [5.41, 5.74) is 1.22. The zero-order valence-electron chi connectivity index (χ0n) is 15.3. The second kappa shape index (κ2) is 8.84. The Bertz CT molecular complexity index is 771. The maximum Gasteiger partial charge on any atom is 0.260 e. The summed E-state index contributed by atoms with van der Waals surface area (Å²) >= 11 is 0. The monoisotopic (exact) mass is 375 g/mol. The largest absolute Gasteiger partial charge is 0.490 e. The average Bonchev–Trinajstić information content (AvgIpc) is 2.70. The molecule has 1 amide bonds. The van der Waals surface area contributed by atoms with Gasteiger partial charge in [-0.25, -0.2) is 8.78 Å². The van der Waals surface area contributed by atoms with Crippen molar-refractivity contribution < 1.29 is 23.0 Å². The first kappa shape index (κ1) is 19.1. The lowest BCUT2D eigenvalue weighted by Crippen LogP contribution is -2.43. The summed E-state index contributed by atoms with van der Waals surface area (Å²) in [6, 6.07) is 11.2. The van der Waals surface area contributed by atoms with Crippen molar-refractivity contribution in [2.45, 2.75) is 32.3 Å². The Morgan fingerprint density at radius 3 is 2.33 bits per heavy atom. The Balaban J connectivity index is 1.43. The van der Waals surface area contributed by atoms with Gasteiger partial charge in [0.15, 0.2) is 18.2 Å². The van der Waals surface area contributed by atoms with E-state index in [2.05, 4.69) is 6.92 Å². The van der Waals surface area contributed by atoms with Crippen molar-refractivity contribution in [3.8, 4) is 11.5 Å². The minimum absolute atomic E-state index is 0.000168. The van der Waals surface area contributed by atoms with Crippen molar-refractivity contribution in [3.63, 3.8) is 0 Å². The van der Waals surface area contributed by atoms with Crippen LogP contribution in [0.3, 0.4) is 0 Å². The molecule has 27 heavy (non-hydrogen) atoms. The number of amides is 1. The molecule has 0 bridgehead atoms. The minimum atomic E-state index is -0.927. The fourth-order valence-corrected chi connectivity index (χ4v) is 3.02. The van der Waals surface area contributed by atoms with Crippen molar-refractivity contribution in [3.05, 3.63) is 59.7 Å². The first-order valence-electron chi connectivity index (χ1n) is 9.16. The van der Waals surface area contributed by atoms with E-state index in [-0.39, 0.29) is 18.6 Å². The molecular weight excluding hydrogens is 352 g/mol. The summed E-state index contributed by atoms with van der Waals surface area (Å²) < 4.78 is 37.5. The number of carbonyl (C=O) groups is 1. The van der Waals surface area contributed by atoms with Gasteiger partial charge in [-0.05, 0) is 36.2 Å². The Labute approximate surface area is 157 Å². The average molecular weight is 375 g/mol. The summed E-state index contributed by atoms with van der Waals surface area (Å²) in [6.07, 6.45) is 2.11. The van der Waals surface area contributed by atoms with Crippen LogP contribution in [0.1, 0.15) is 25.3 Å². The highest BCUT2D eigenvalue weighted by atomic mass is 19.2. The molecule has 2 aromatic rings. The van der Waals surface area contributed by atoms with E-state index in [9.17, 15) is 13.6 Å². The van der Waals surface area contributed by atoms with Crippen LogP contribution in [0.25, 0.3) is 0 Å². The lowest BCUT2D eigenvalue weighted by atomic mass is 10.1. The fourth-order valence-electron chi connectivity index (χ4n) is 3.02. The van der Waals surface area contributed by atoms with Crippen molar-refractivity contribution in [1.82, 2.24) is 4.90 Å². The Morgan fingerprint density at radius 2 is 1.70 bits per heavy atom. The number of nitrogens with zero attached hydrogens (tertiary/aromatic N) is 1. The second-order valence-corrected chi connectivity index (χ2v) is 6.56. The quantitative estimate of drug-likeness (QED) is 0.767. The van der Waals surface area contributed by atoms with Crippen LogP contribution < -0.4 is 9.47 Å². The lowest BCUT2D eigenvalue weighted by molar-refractivity contribution is -0.135.